The molecule has 0 saturated carbocycles. The van der Waals surface area contributed by atoms with Crippen molar-refractivity contribution in [3.8, 4) is 5.75 Å². The van der Waals surface area contributed by atoms with Gasteiger partial charge in [0.1, 0.15) is 11.9 Å². The van der Waals surface area contributed by atoms with Crippen LogP contribution in [0.1, 0.15) is 42.2 Å². The van der Waals surface area contributed by atoms with Gasteiger partial charge < -0.3 is 9.84 Å². The van der Waals surface area contributed by atoms with Gasteiger partial charge in [-0.2, -0.15) is 0 Å². The van der Waals surface area contributed by atoms with Gasteiger partial charge in [0, 0.05) is 9.75 Å². The summed E-state index contributed by atoms with van der Waals surface area (Å²) in [6.07, 6.45) is -0.599. The zero-order valence-electron chi connectivity index (χ0n) is 12.1. The molecule has 1 unspecified atom stereocenters. The van der Waals surface area contributed by atoms with Gasteiger partial charge in [-0.1, -0.05) is 26.8 Å². The van der Waals surface area contributed by atoms with Crippen molar-refractivity contribution in [1.82, 2.24) is 0 Å². The number of rotatable bonds is 3. The molecular formula is C16H19BrO2S. The predicted octanol–water partition coefficient (Wildman–Crippen LogP) is 4.90. The molecule has 108 valence electrons. The van der Waals surface area contributed by atoms with Gasteiger partial charge in [-0.3, -0.25) is 0 Å². The average Bonchev–Trinajstić information content (AvgIpc) is 2.87. The molecule has 0 aliphatic rings. The van der Waals surface area contributed by atoms with Gasteiger partial charge in [0.2, 0.25) is 0 Å². The van der Waals surface area contributed by atoms with Crippen LogP contribution in [0, 0.1) is 0 Å². The SMILES string of the molecule is COc1ccc(C(O)c2ccc(C(C)(C)C)s2)cc1Br. The lowest BCUT2D eigenvalue weighted by Gasteiger charge is -2.16. The fourth-order valence-electron chi connectivity index (χ4n) is 1.92. The first-order valence-corrected chi connectivity index (χ1v) is 8.05. The summed E-state index contributed by atoms with van der Waals surface area (Å²) >= 11 is 5.11. The van der Waals surface area contributed by atoms with Crippen LogP contribution in [0.15, 0.2) is 34.8 Å². The highest BCUT2D eigenvalue weighted by Crippen LogP contribution is 2.36. The number of thiophene rings is 1. The third-order valence-corrected chi connectivity index (χ3v) is 5.31. The topological polar surface area (TPSA) is 29.5 Å². The first-order chi connectivity index (χ1) is 9.32. The van der Waals surface area contributed by atoms with E-state index in [0.717, 1.165) is 20.7 Å². The summed E-state index contributed by atoms with van der Waals surface area (Å²) in [5, 5.41) is 10.5. The highest BCUT2D eigenvalue weighted by atomic mass is 79.9. The Hall–Kier alpha value is -0.840. The fourth-order valence-corrected chi connectivity index (χ4v) is 3.56. The highest BCUT2D eigenvalue weighted by molar-refractivity contribution is 9.10. The molecule has 0 bridgehead atoms. The Labute approximate surface area is 132 Å². The van der Waals surface area contributed by atoms with Crippen LogP contribution >= 0.6 is 27.3 Å². The van der Waals surface area contributed by atoms with Crippen molar-refractivity contribution in [2.45, 2.75) is 32.3 Å². The van der Waals surface area contributed by atoms with E-state index in [-0.39, 0.29) is 5.41 Å². The molecule has 2 nitrogen and oxygen atoms in total. The Morgan fingerprint density at radius 1 is 1.20 bits per heavy atom. The van der Waals surface area contributed by atoms with Gasteiger partial charge in [0.25, 0.3) is 0 Å². The van der Waals surface area contributed by atoms with Gasteiger partial charge in [-0.05, 0) is 51.2 Å². The number of methoxy groups -OCH3 is 1. The maximum absolute atomic E-state index is 10.5. The number of halogens is 1. The van der Waals surface area contributed by atoms with Gasteiger partial charge >= 0.3 is 0 Å². The third-order valence-electron chi connectivity index (χ3n) is 3.13. The third kappa shape index (κ3) is 3.25. The zero-order valence-corrected chi connectivity index (χ0v) is 14.5. The summed E-state index contributed by atoms with van der Waals surface area (Å²) in [6.45, 7) is 6.54. The van der Waals surface area contributed by atoms with E-state index in [1.54, 1.807) is 18.4 Å². The van der Waals surface area contributed by atoms with Crippen molar-refractivity contribution in [2.75, 3.05) is 7.11 Å². The summed E-state index contributed by atoms with van der Waals surface area (Å²) in [7, 11) is 1.63. The van der Waals surface area contributed by atoms with Crippen LogP contribution in [0.4, 0.5) is 0 Å². The summed E-state index contributed by atoms with van der Waals surface area (Å²) in [5.41, 5.74) is 0.975. The summed E-state index contributed by atoms with van der Waals surface area (Å²) in [5.74, 6) is 0.766. The second kappa shape index (κ2) is 5.88. The van der Waals surface area contributed by atoms with Crippen LogP contribution in [-0.4, -0.2) is 12.2 Å². The van der Waals surface area contributed by atoms with Crippen molar-refractivity contribution < 1.29 is 9.84 Å². The van der Waals surface area contributed by atoms with E-state index in [0.29, 0.717) is 0 Å². The summed E-state index contributed by atoms with van der Waals surface area (Å²) in [6, 6.07) is 9.77. The Morgan fingerprint density at radius 3 is 2.40 bits per heavy atom. The van der Waals surface area contributed by atoms with Crippen molar-refractivity contribution >= 4 is 27.3 Å². The molecule has 0 aliphatic carbocycles. The first-order valence-electron chi connectivity index (χ1n) is 6.44. The molecule has 1 heterocycles. The lowest BCUT2D eigenvalue weighted by atomic mass is 9.95. The summed E-state index contributed by atoms with van der Waals surface area (Å²) < 4.78 is 6.06. The van der Waals surface area contributed by atoms with E-state index in [1.807, 2.05) is 24.3 Å². The van der Waals surface area contributed by atoms with Gasteiger partial charge in [0.05, 0.1) is 11.6 Å². The molecule has 0 fully saturated rings. The Morgan fingerprint density at radius 2 is 1.90 bits per heavy atom. The van der Waals surface area contributed by atoms with Crippen molar-refractivity contribution in [1.29, 1.82) is 0 Å². The minimum Gasteiger partial charge on any atom is -0.496 e. The first kappa shape index (κ1) is 15.5. The van der Waals surface area contributed by atoms with E-state index < -0.39 is 6.10 Å². The summed E-state index contributed by atoms with van der Waals surface area (Å²) in [4.78, 5) is 2.24. The molecule has 1 N–H and O–H groups in total. The predicted molar refractivity (Wildman–Crippen MR) is 87.8 cm³/mol. The van der Waals surface area contributed by atoms with Crippen molar-refractivity contribution in [3.05, 3.63) is 50.1 Å². The van der Waals surface area contributed by atoms with Crippen LogP contribution in [0.2, 0.25) is 0 Å². The second-order valence-corrected chi connectivity index (χ2v) is 7.72. The number of hydrogen-bond acceptors (Lipinski definition) is 3. The van der Waals surface area contributed by atoms with E-state index in [2.05, 4.69) is 42.8 Å². The van der Waals surface area contributed by atoms with E-state index >= 15 is 0 Å². The molecule has 0 radical (unpaired) electrons. The molecule has 2 aromatic rings. The van der Waals surface area contributed by atoms with E-state index in [1.165, 1.54) is 4.88 Å². The molecular weight excluding hydrogens is 336 g/mol. The molecule has 0 aliphatic heterocycles. The molecule has 2 rings (SSSR count). The number of aliphatic hydroxyl groups is 1. The minimum atomic E-state index is -0.599. The maximum atomic E-state index is 10.5. The van der Waals surface area contributed by atoms with E-state index in [4.69, 9.17) is 4.74 Å². The number of aliphatic hydroxyl groups excluding tert-OH is 1. The monoisotopic (exact) mass is 354 g/mol. The van der Waals surface area contributed by atoms with Crippen molar-refractivity contribution in [3.63, 3.8) is 0 Å². The largest absolute Gasteiger partial charge is 0.496 e. The van der Waals surface area contributed by atoms with Crippen molar-refractivity contribution in [2.24, 2.45) is 0 Å². The van der Waals surface area contributed by atoms with E-state index in [9.17, 15) is 5.11 Å². The molecule has 4 heteroatoms. The molecule has 1 atom stereocenters. The van der Waals surface area contributed by atoms with Crippen LogP contribution in [0.3, 0.4) is 0 Å². The lowest BCUT2D eigenvalue weighted by molar-refractivity contribution is 0.224. The van der Waals surface area contributed by atoms with Gasteiger partial charge in [-0.15, -0.1) is 11.3 Å². The fraction of sp³-hybridized carbons (Fsp3) is 0.375. The maximum Gasteiger partial charge on any atom is 0.133 e. The molecule has 0 amide bonds. The Bertz CT molecular complexity index is 599. The number of hydrogen-bond donors (Lipinski definition) is 1. The van der Waals surface area contributed by atoms with Crippen LogP contribution < -0.4 is 4.74 Å². The number of benzene rings is 1. The minimum absolute atomic E-state index is 0.114. The smallest absolute Gasteiger partial charge is 0.133 e. The molecule has 0 saturated heterocycles. The number of ether oxygens (including phenoxy) is 1. The average molecular weight is 355 g/mol. The quantitative estimate of drug-likeness (QED) is 0.849. The molecule has 0 spiro atoms. The Kier molecular flexibility index (Phi) is 4.57. The normalized spacial score (nSPS) is 13.3. The molecule has 20 heavy (non-hydrogen) atoms. The van der Waals surface area contributed by atoms with Crippen LogP contribution in [0.5, 0.6) is 5.75 Å². The standard InChI is InChI=1S/C16H19BrO2S/c1-16(2,3)14-8-7-13(20-14)15(18)10-5-6-12(19-4)11(17)9-10/h5-9,15,18H,1-4H3. The van der Waals surface area contributed by atoms with Crippen LogP contribution in [-0.2, 0) is 5.41 Å². The molecule has 1 aromatic heterocycles. The second-order valence-electron chi connectivity index (χ2n) is 5.75. The lowest BCUT2D eigenvalue weighted by Crippen LogP contribution is -2.07. The zero-order chi connectivity index (χ0) is 14.9. The van der Waals surface area contributed by atoms with Crippen LogP contribution in [0.25, 0.3) is 0 Å². The van der Waals surface area contributed by atoms with Gasteiger partial charge in [0.15, 0.2) is 0 Å². The Balaban J connectivity index is 2.29. The van der Waals surface area contributed by atoms with Gasteiger partial charge in [-0.25, -0.2) is 0 Å². The highest BCUT2D eigenvalue weighted by Gasteiger charge is 2.20. The molecule has 1 aromatic carbocycles.